The minimum atomic E-state index is 0.882. The van der Waals surface area contributed by atoms with E-state index in [1.165, 1.54) is 57.8 Å². The minimum Gasteiger partial charge on any atom is -0.0654 e. The first-order chi connectivity index (χ1) is 10.0. The monoisotopic (exact) mass is 296 g/mol. The van der Waals surface area contributed by atoms with E-state index in [0.29, 0.717) is 0 Å². The molecule has 128 valence electrons. The SMILES string of the molecule is CCCCCC(CCC)C(C)C(C(C)CC)C(C)CCC. The Morgan fingerprint density at radius 3 is 1.71 bits per heavy atom. The molecule has 0 aliphatic carbocycles. The van der Waals surface area contributed by atoms with Crippen LogP contribution in [0.1, 0.15) is 106 Å². The number of rotatable bonds is 13. The molecular formula is C21H44. The highest BCUT2D eigenvalue weighted by Gasteiger charge is 2.31. The molecular weight excluding hydrogens is 252 g/mol. The summed E-state index contributed by atoms with van der Waals surface area (Å²) < 4.78 is 0. The number of unbranched alkanes of at least 4 members (excludes halogenated alkanes) is 2. The third-order valence-electron chi connectivity index (χ3n) is 5.89. The maximum absolute atomic E-state index is 2.58. The molecule has 5 unspecified atom stereocenters. The van der Waals surface area contributed by atoms with Crippen molar-refractivity contribution in [3.63, 3.8) is 0 Å². The van der Waals surface area contributed by atoms with Crippen LogP contribution in [-0.2, 0) is 0 Å². The summed E-state index contributed by atoms with van der Waals surface area (Å²) in [7, 11) is 0. The highest BCUT2D eigenvalue weighted by Crippen LogP contribution is 2.40. The topological polar surface area (TPSA) is 0 Å². The van der Waals surface area contributed by atoms with Gasteiger partial charge in [-0.25, -0.2) is 0 Å². The van der Waals surface area contributed by atoms with Gasteiger partial charge in [-0.05, 0) is 29.6 Å². The van der Waals surface area contributed by atoms with Crippen LogP contribution in [0, 0.1) is 29.6 Å². The predicted molar refractivity (Wildman–Crippen MR) is 98.7 cm³/mol. The van der Waals surface area contributed by atoms with Crippen LogP contribution in [0.3, 0.4) is 0 Å². The van der Waals surface area contributed by atoms with Gasteiger partial charge in [-0.3, -0.25) is 0 Å². The van der Waals surface area contributed by atoms with Gasteiger partial charge in [0.15, 0.2) is 0 Å². The fraction of sp³-hybridized carbons (Fsp3) is 1.00. The van der Waals surface area contributed by atoms with Gasteiger partial charge in [-0.15, -0.1) is 0 Å². The van der Waals surface area contributed by atoms with Crippen molar-refractivity contribution in [2.24, 2.45) is 29.6 Å². The molecule has 0 rings (SSSR count). The molecule has 0 saturated carbocycles. The molecule has 0 amide bonds. The summed E-state index contributed by atoms with van der Waals surface area (Å²) >= 11 is 0. The van der Waals surface area contributed by atoms with Gasteiger partial charge < -0.3 is 0 Å². The second kappa shape index (κ2) is 12.5. The zero-order chi connectivity index (χ0) is 16.3. The third kappa shape index (κ3) is 7.71. The van der Waals surface area contributed by atoms with Crippen molar-refractivity contribution in [2.75, 3.05) is 0 Å². The highest BCUT2D eigenvalue weighted by atomic mass is 14.4. The Morgan fingerprint density at radius 1 is 0.619 bits per heavy atom. The number of hydrogen-bond acceptors (Lipinski definition) is 0. The van der Waals surface area contributed by atoms with Gasteiger partial charge in [0.2, 0.25) is 0 Å². The molecule has 0 aliphatic rings. The van der Waals surface area contributed by atoms with Gasteiger partial charge in [0.25, 0.3) is 0 Å². The lowest BCUT2D eigenvalue weighted by molar-refractivity contribution is 0.106. The van der Waals surface area contributed by atoms with E-state index in [2.05, 4.69) is 48.5 Å². The Morgan fingerprint density at radius 2 is 1.24 bits per heavy atom. The zero-order valence-corrected chi connectivity index (χ0v) is 16.3. The van der Waals surface area contributed by atoms with Crippen molar-refractivity contribution < 1.29 is 0 Å². The van der Waals surface area contributed by atoms with E-state index in [-0.39, 0.29) is 0 Å². The fourth-order valence-corrected chi connectivity index (χ4v) is 4.53. The highest BCUT2D eigenvalue weighted by molar-refractivity contribution is 4.81. The average molecular weight is 297 g/mol. The lowest BCUT2D eigenvalue weighted by Crippen LogP contribution is -2.31. The number of hydrogen-bond donors (Lipinski definition) is 0. The minimum absolute atomic E-state index is 0.882. The molecule has 0 radical (unpaired) electrons. The van der Waals surface area contributed by atoms with Crippen LogP contribution in [0.2, 0.25) is 0 Å². The first-order valence-corrected chi connectivity index (χ1v) is 10.0. The van der Waals surface area contributed by atoms with Crippen LogP contribution in [-0.4, -0.2) is 0 Å². The molecule has 0 nitrogen and oxygen atoms in total. The van der Waals surface area contributed by atoms with Gasteiger partial charge in [0, 0.05) is 0 Å². The summed E-state index contributed by atoms with van der Waals surface area (Å²) in [6, 6.07) is 0. The molecule has 0 aromatic carbocycles. The molecule has 0 aliphatic heterocycles. The van der Waals surface area contributed by atoms with Crippen molar-refractivity contribution in [3.05, 3.63) is 0 Å². The smallest absolute Gasteiger partial charge is 0.0334 e. The molecule has 0 spiro atoms. The summed E-state index contributed by atoms with van der Waals surface area (Å²) in [6.45, 7) is 17.0. The molecule has 5 atom stereocenters. The van der Waals surface area contributed by atoms with E-state index in [4.69, 9.17) is 0 Å². The second-order valence-corrected chi connectivity index (χ2v) is 7.63. The van der Waals surface area contributed by atoms with Gasteiger partial charge in [0.05, 0.1) is 0 Å². The first-order valence-electron chi connectivity index (χ1n) is 10.0. The molecule has 21 heavy (non-hydrogen) atoms. The van der Waals surface area contributed by atoms with Crippen LogP contribution in [0.4, 0.5) is 0 Å². The molecule has 0 N–H and O–H groups in total. The lowest BCUT2D eigenvalue weighted by Gasteiger charge is -2.39. The van der Waals surface area contributed by atoms with Crippen LogP contribution >= 0.6 is 0 Å². The van der Waals surface area contributed by atoms with Crippen LogP contribution < -0.4 is 0 Å². The maximum atomic E-state index is 2.58. The van der Waals surface area contributed by atoms with Crippen LogP contribution in [0.25, 0.3) is 0 Å². The van der Waals surface area contributed by atoms with Crippen molar-refractivity contribution in [2.45, 2.75) is 106 Å². The normalized spacial score (nSPS) is 19.0. The molecule has 0 heterocycles. The van der Waals surface area contributed by atoms with E-state index in [1.54, 1.807) is 0 Å². The molecule has 0 aromatic heterocycles. The van der Waals surface area contributed by atoms with E-state index >= 15 is 0 Å². The van der Waals surface area contributed by atoms with E-state index < -0.39 is 0 Å². The molecule has 0 saturated heterocycles. The Kier molecular flexibility index (Phi) is 12.5. The third-order valence-corrected chi connectivity index (χ3v) is 5.89. The van der Waals surface area contributed by atoms with E-state index in [1.807, 2.05) is 0 Å². The van der Waals surface area contributed by atoms with Crippen molar-refractivity contribution in [1.29, 1.82) is 0 Å². The van der Waals surface area contributed by atoms with Crippen LogP contribution in [0.15, 0.2) is 0 Å². The second-order valence-electron chi connectivity index (χ2n) is 7.63. The summed E-state index contributed by atoms with van der Waals surface area (Å²) in [5, 5.41) is 0. The van der Waals surface area contributed by atoms with Crippen molar-refractivity contribution in [1.82, 2.24) is 0 Å². The summed E-state index contributed by atoms with van der Waals surface area (Å²) in [5.74, 6) is 4.56. The molecule has 0 fully saturated rings. The Balaban J connectivity index is 4.86. The zero-order valence-electron chi connectivity index (χ0n) is 16.3. The van der Waals surface area contributed by atoms with Crippen molar-refractivity contribution >= 4 is 0 Å². The van der Waals surface area contributed by atoms with E-state index in [9.17, 15) is 0 Å². The molecule has 0 heteroatoms. The Hall–Kier alpha value is 0. The Bertz CT molecular complexity index is 220. The largest absolute Gasteiger partial charge is 0.0654 e. The summed E-state index contributed by atoms with van der Waals surface area (Å²) in [4.78, 5) is 0. The molecule has 0 bridgehead atoms. The van der Waals surface area contributed by atoms with Gasteiger partial charge in [-0.1, -0.05) is 106 Å². The van der Waals surface area contributed by atoms with Gasteiger partial charge >= 0.3 is 0 Å². The lowest BCUT2D eigenvalue weighted by atomic mass is 9.67. The van der Waals surface area contributed by atoms with E-state index in [0.717, 1.165) is 29.6 Å². The standard InChI is InChI=1S/C21H44/c1-8-12-13-16-20(15-10-3)19(7)21(17(5)11-4)18(6)14-9-2/h17-21H,8-16H2,1-7H3. The average Bonchev–Trinajstić information content (AvgIpc) is 2.46. The quantitative estimate of drug-likeness (QED) is 0.305. The molecule has 0 aromatic rings. The van der Waals surface area contributed by atoms with Gasteiger partial charge in [0.1, 0.15) is 0 Å². The van der Waals surface area contributed by atoms with Crippen molar-refractivity contribution in [3.8, 4) is 0 Å². The summed E-state index contributed by atoms with van der Waals surface area (Å²) in [5.41, 5.74) is 0. The van der Waals surface area contributed by atoms with Crippen LogP contribution in [0.5, 0.6) is 0 Å². The fourth-order valence-electron chi connectivity index (χ4n) is 4.53. The Labute approximate surface area is 136 Å². The first kappa shape index (κ1) is 21.0. The summed E-state index contributed by atoms with van der Waals surface area (Å²) in [6.07, 6.45) is 12.6. The van der Waals surface area contributed by atoms with Gasteiger partial charge in [-0.2, -0.15) is 0 Å². The maximum Gasteiger partial charge on any atom is -0.0334 e. The predicted octanol–water partition coefficient (Wildman–Crippen LogP) is 7.72.